The predicted molar refractivity (Wildman–Crippen MR) is 102 cm³/mol. The molecule has 3 atom stereocenters. The minimum absolute atomic E-state index is 0.0323. The van der Waals surface area contributed by atoms with Gasteiger partial charge in [-0.1, -0.05) is 0 Å². The van der Waals surface area contributed by atoms with Crippen molar-refractivity contribution in [1.82, 2.24) is 4.57 Å². The molecule has 1 aliphatic heterocycles. The molecular weight excluding hydrogens is 360 g/mol. The first-order valence-electron chi connectivity index (χ1n) is 9.20. The second kappa shape index (κ2) is 7.76. The zero-order valence-electron chi connectivity index (χ0n) is 15.9. The second-order valence-electron chi connectivity index (χ2n) is 7.55. The van der Waals surface area contributed by atoms with Gasteiger partial charge in [0.2, 0.25) is 0 Å². The molecule has 1 unspecified atom stereocenters. The molecule has 1 aromatic carbocycles. The van der Waals surface area contributed by atoms with Gasteiger partial charge in [-0.15, -0.1) is 0 Å². The number of fused-ring (bicyclic) bond motifs is 1. The van der Waals surface area contributed by atoms with Gasteiger partial charge in [0.05, 0.1) is 23.8 Å². The van der Waals surface area contributed by atoms with Crippen LogP contribution < -0.4 is 10.3 Å². The number of nitrogens with zero attached hydrogens (tertiary/aromatic N) is 2. The van der Waals surface area contributed by atoms with Crippen LogP contribution in [0.5, 0.6) is 5.75 Å². The topological polar surface area (TPSA) is 116 Å². The summed E-state index contributed by atoms with van der Waals surface area (Å²) in [7, 11) is 0. The van der Waals surface area contributed by atoms with Crippen molar-refractivity contribution in [3.63, 3.8) is 0 Å². The number of hydrogen-bond donors (Lipinski definition) is 3. The van der Waals surface area contributed by atoms with Gasteiger partial charge >= 0.3 is 0 Å². The zero-order valence-corrected chi connectivity index (χ0v) is 15.9. The molecule has 148 valence electrons. The lowest BCUT2D eigenvalue weighted by molar-refractivity contribution is -0.0643. The lowest BCUT2D eigenvalue weighted by Gasteiger charge is -2.42. The number of aliphatic hydroxyl groups is 3. The van der Waals surface area contributed by atoms with Crippen LogP contribution in [0.2, 0.25) is 0 Å². The lowest BCUT2D eigenvalue weighted by atomic mass is 9.85. The highest BCUT2D eigenvalue weighted by atomic mass is 16.5. The Morgan fingerprint density at radius 3 is 2.71 bits per heavy atom. The zero-order chi connectivity index (χ0) is 20.5. The van der Waals surface area contributed by atoms with Gasteiger partial charge in [0.25, 0.3) is 5.56 Å². The first kappa shape index (κ1) is 20.1. The molecule has 0 saturated heterocycles. The van der Waals surface area contributed by atoms with Crippen molar-refractivity contribution in [3.05, 3.63) is 63.6 Å². The van der Waals surface area contributed by atoms with Crippen molar-refractivity contribution in [1.29, 1.82) is 5.26 Å². The fourth-order valence-electron chi connectivity index (χ4n) is 3.53. The highest BCUT2D eigenvalue weighted by Gasteiger charge is 2.44. The second-order valence-corrected chi connectivity index (χ2v) is 7.55. The number of nitriles is 1. The summed E-state index contributed by atoms with van der Waals surface area (Å²) in [6.07, 6.45) is 0.445. The number of rotatable bonds is 5. The van der Waals surface area contributed by atoms with E-state index in [1.807, 2.05) is 0 Å². The number of aliphatic hydroxyl groups excluding tert-OH is 3. The molecule has 0 aliphatic carbocycles. The van der Waals surface area contributed by atoms with Gasteiger partial charge in [-0.2, -0.15) is 5.26 Å². The fourth-order valence-corrected chi connectivity index (χ4v) is 3.53. The molecular formula is C21H24N2O5. The summed E-state index contributed by atoms with van der Waals surface area (Å²) in [6.45, 7) is 3.45. The van der Waals surface area contributed by atoms with Crippen LogP contribution in [0.4, 0.5) is 0 Å². The minimum Gasteiger partial charge on any atom is -0.485 e. The minimum atomic E-state index is -1.03. The van der Waals surface area contributed by atoms with Crippen molar-refractivity contribution < 1.29 is 20.1 Å². The van der Waals surface area contributed by atoms with Crippen LogP contribution in [0.25, 0.3) is 0 Å². The van der Waals surface area contributed by atoms with E-state index in [1.54, 1.807) is 38.1 Å². The molecule has 1 aromatic heterocycles. The molecule has 0 spiro atoms. The van der Waals surface area contributed by atoms with E-state index in [1.165, 1.54) is 16.8 Å². The molecule has 0 radical (unpaired) electrons. The SMILES string of the molecule is CC1(C)Oc2ccc(C#N)cc2[C@H](n2ccc(C(O)CCCO)cc2=O)[C@H]1O. The van der Waals surface area contributed by atoms with Crippen molar-refractivity contribution >= 4 is 0 Å². The maximum atomic E-state index is 12.8. The third-order valence-corrected chi connectivity index (χ3v) is 5.13. The van der Waals surface area contributed by atoms with E-state index in [9.17, 15) is 20.3 Å². The summed E-state index contributed by atoms with van der Waals surface area (Å²) in [5, 5.41) is 39.2. The number of benzene rings is 1. The number of hydrogen-bond acceptors (Lipinski definition) is 6. The highest BCUT2D eigenvalue weighted by molar-refractivity contribution is 5.46. The Balaban J connectivity index is 2.07. The molecule has 1 aliphatic rings. The predicted octanol–water partition coefficient (Wildman–Crippen LogP) is 1.65. The molecule has 0 saturated carbocycles. The summed E-state index contributed by atoms with van der Waals surface area (Å²) >= 11 is 0. The normalized spacial score (nSPS) is 21.3. The van der Waals surface area contributed by atoms with Crippen molar-refractivity contribution in [3.8, 4) is 11.8 Å². The Hall–Kier alpha value is -2.66. The van der Waals surface area contributed by atoms with Crippen molar-refractivity contribution in [2.75, 3.05) is 6.61 Å². The van der Waals surface area contributed by atoms with Crippen LogP contribution in [0, 0.1) is 11.3 Å². The van der Waals surface area contributed by atoms with Crippen LogP contribution in [0.3, 0.4) is 0 Å². The summed E-state index contributed by atoms with van der Waals surface area (Å²) in [5.74, 6) is 0.512. The number of ether oxygens (including phenoxy) is 1. The molecule has 7 nitrogen and oxygen atoms in total. The van der Waals surface area contributed by atoms with E-state index in [0.29, 0.717) is 35.3 Å². The van der Waals surface area contributed by atoms with Crippen LogP contribution in [0.15, 0.2) is 41.3 Å². The molecule has 3 N–H and O–H groups in total. The average molecular weight is 384 g/mol. The summed E-state index contributed by atoms with van der Waals surface area (Å²) in [6, 6.07) is 9.23. The highest BCUT2D eigenvalue weighted by Crippen LogP contribution is 2.41. The van der Waals surface area contributed by atoms with Gasteiger partial charge in [-0.3, -0.25) is 4.79 Å². The van der Waals surface area contributed by atoms with E-state index >= 15 is 0 Å². The third kappa shape index (κ3) is 3.67. The van der Waals surface area contributed by atoms with Crippen molar-refractivity contribution in [2.45, 2.75) is 50.5 Å². The molecule has 3 rings (SSSR count). The Labute approximate surface area is 163 Å². The third-order valence-electron chi connectivity index (χ3n) is 5.13. The Morgan fingerprint density at radius 2 is 2.07 bits per heavy atom. The van der Waals surface area contributed by atoms with E-state index in [4.69, 9.17) is 9.84 Å². The molecule has 2 aromatic rings. The maximum absolute atomic E-state index is 12.8. The summed E-state index contributed by atoms with van der Waals surface area (Å²) in [4.78, 5) is 12.8. The van der Waals surface area contributed by atoms with Gasteiger partial charge in [0.15, 0.2) is 0 Å². The van der Waals surface area contributed by atoms with Gasteiger partial charge in [0, 0.05) is 24.4 Å². The molecule has 28 heavy (non-hydrogen) atoms. The number of aromatic nitrogens is 1. The molecule has 0 bridgehead atoms. The monoisotopic (exact) mass is 384 g/mol. The van der Waals surface area contributed by atoms with E-state index in [2.05, 4.69) is 6.07 Å². The first-order chi connectivity index (χ1) is 13.3. The van der Waals surface area contributed by atoms with Gasteiger partial charge in [-0.25, -0.2) is 0 Å². The van der Waals surface area contributed by atoms with Crippen LogP contribution in [0.1, 0.15) is 55.5 Å². The Morgan fingerprint density at radius 1 is 1.32 bits per heavy atom. The fraction of sp³-hybridized carbons (Fsp3) is 0.429. The number of pyridine rings is 1. The first-order valence-corrected chi connectivity index (χ1v) is 9.20. The maximum Gasteiger partial charge on any atom is 0.251 e. The Kier molecular flexibility index (Phi) is 5.57. The Bertz CT molecular complexity index is 960. The summed E-state index contributed by atoms with van der Waals surface area (Å²) in [5.41, 5.74) is 0.104. The van der Waals surface area contributed by atoms with Gasteiger partial charge in [-0.05, 0) is 56.5 Å². The van der Waals surface area contributed by atoms with Crippen LogP contribution in [-0.2, 0) is 0 Å². The van der Waals surface area contributed by atoms with E-state index in [-0.39, 0.29) is 12.2 Å². The molecule has 2 heterocycles. The van der Waals surface area contributed by atoms with Crippen molar-refractivity contribution in [2.24, 2.45) is 0 Å². The molecule has 0 amide bonds. The smallest absolute Gasteiger partial charge is 0.251 e. The largest absolute Gasteiger partial charge is 0.485 e. The molecule has 7 heteroatoms. The van der Waals surface area contributed by atoms with Crippen LogP contribution in [-0.4, -0.2) is 38.2 Å². The van der Waals surface area contributed by atoms with Gasteiger partial charge in [0.1, 0.15) is 17.5 Å². The quantitative estimate of drug-likeness (QED) is 0.722. The van der Waals surface area contributed by atoms with E-state index in [0.717, 1.165) is 0 Å². The van der Waals surface area contributed by atoms with E-state index < -0.39 is 23.9 Å². The van der Waals surface area contributed by atoms with Crippen LogP contribution >= 0.6 is 0 Å². The average Bonchev–Trinajstić information content (AvgIpc) is 2.67. The lowest BCUT2D eigenvalue weighted by Crippen LogP contribution is -2.52. The standard InChI is InChI=1S/C21H24N2O5/c1-21(2)20(27)19(15-10-13(12-22)5-6-17(15)28-21)23-8-7-14(11-18(23)26)16(25)4-3-9-24/h5-8,10-11,16,19-20,24-25,27H,3-4,9H2,1-2H3/t16?,19-,20+/m0/s1. The molecule has 0 fully saturated rings. The summed E-state index contributed by atoms with van der Waals surface area (Å²) < 4.78 is 7.29. The van der Waals surface area contributed by atoms with Gasteiger partial charge < -0.3 is 24.6 Å².